The molecule has 4 heteroatoms. The van der Waals surface area contributed by atoms with Gasteiger partial charge in [0.25, 0.3) is 0 Å². The first-order valence-electron chi connectivity index (χ1n) is 7.90. The lowest BCUT2D eigenvalue weighted by Gasteiger charge is -2.16. The lowest BCUT2D eigenvalue weighted by atomic mass is 10.0. The Bertz CT molecular complexity index is 439. The maximum absolute atomic E-state index is 11.9. The summed E-state index contributed by atoms with van der Waals surface area (Å²) in [5.74, 6) is -0.449. The molecule has 1 rings (SSSR count). The van der Waals surface area contributed by atoms with Gasteiger partial charge in [0, 0.05) is 0 Å². The highest BCUT2D eigenvalue weighted by Gasteiger charge is 2.16. The van der Waals surface area contributed by atoms with Crippen LogP contribution in [0.3, 0.4) is 0 Å². The molecule has 0 aromatic heterocycles. The van der Waals surface area contributed by atoms with Gasteiger partial charge in [-0.15, -0.1) is 0 Å². The van der Waals surface area contributed by atoms with Crippen molar-refractivity contribution in [1.29, 1.82) is 0 Å². The zero-order valence-electron chi connectivity index (χ0n) is 14.0. The van der Waals surface area contributed by atoms with Crippen LogP contribution in [0.4, 0.5) is 0 Å². The third kappa shape index (κ3) is 7.57. The molecule has 0 aliphatic rings. The average molecular weight is 308 g/mol. The van der Waals surface area contributed by atoms with Gasteiger partial charge in [0.2, 0.25) is 0 Å². The van der Waals surface area contributed by atoms with Crippen molar-refractivity contribution >= 4 is 5.97 Å². The van der Waals surface area contributed by atoms with E-state index >= 15 is 0 Å². The number of esters is 1. The van der Waals surface area contributed by atoms with Crippen LogP contribution in [0, 0.1) is 12.8 Å². The molecule has 0 spiro atoms. The molecule has 124 valence electrons. The van der Waals surface area contributed by atoms with Crippen LogP contribution in [0.15, 0.2) is 24.3 Å². The molecule has 22 heavy (non-hydrogen) atoms. The summed E-state index contributed by atoms with van der Waals surface area (Å²) in [6.45, 7) is 7.87. The standard InChI is InChI=1S/C18H28O4/c1-13(2)21-11-17(19)12-22-18(20)15(4)7-10-16-8-5-14(3)6-9-16/h5-6,8-9,13,15,17,19H,7,10-12H2,1-4H3. The summed E-state index contributed by atoms with van der Waals surface area (Å²) in [5.41, 5.74) is 2.45. The van der Waals surface area contributed by atoms with E-state index in [9.17, 15) is 9.90 Å². The monoisotopic (exact) mass is 308 g/mol. The van der Waals surface area contributed by atoms with Crippen LogP contribution in [-0.4, -0.2) is 36.5 Å². The Morgan fingerprint density at radius 1 is 1.14 bits per heavy atom. The number of carbonyl (C=O) groups is 1. The zero-order chi connectivity index (χ0) is 16.5. The molecular formula is C18H28O4. The van der Waals surface area contributed by atoms with E-state index in [1.807, 2.05) is 20.8 Å². The van der Waals surface area contributed by atoms with Crippen LogP contribution in [0.1, 0.15) is 38.3 Å². The second kappa shape index (κ2) is 9.59. The smallest absolute Gasteiger partial charge is 0.308 e. The summed E-state index contributed by atoms with van der Waals surface area (Å²) in [6, 6.07) is 8.31. The van der Waals surface area contributed by atoms with E-state index in [1.54, 1.807) is 0 Å². The molecule has 1 aromatic carbocycles. The van der Waals surface area contributed by atoms with Crippen molar-refractivity contribution in [3.63, 3.8) is 0 Å². The third-order valence-corrected chi connectivity index (χ3v) is 3.43. The number of rotatable bonds is 9. The van der Waals surface area contributed by atoms with Crippen molar-refractivity contribution in [3.8, 4) is 0 Å². The van der Waals surface area contributed by atoms with Crippen LogP contribution >= 0.6 is 0 Å². The van der Waals surface area contributed by atoms with Gasteiger partial charge in [0.1, 0.15) is 12.7 Å². The Kier molecular flexibility index (Phi) is 8.13. The molecule has 0 radical (unpaired) electrons. The number of aliphatic hydroxyl groups is 1. The Labute approximate surface area is 133 Å². The van der Waals surface area contributed by atoms with E-state index in [4.69, 9.17) is 9.47 Å². The molecule has 2 atom stereocenters. The van der Waals surface area contributed by atoms with Crippen LogP contribution in [0.5, 0.6) is 0 Å². The van der Waals surface area contributed by atoms with Crippen LogP contribution in [-0.2, 0) is 20.7 Å². The van der Waals surface area contributed by atoms with E-state index < -0.39 is 6.10 Å². The second-order valence-corrected chi connectivity index (χ2v) is 6.09. The van der Waals surface area contributed by atoms with E-state index in [0.29, 0.717) is 0 Å². The number of hydrogen-bond acceptors (Lipinski definition) is 4. The fourth-order valence-electron chi connectivity index (χ4n) is 1.93. The first-order chi connectivity index (χ1) is 10.4. The number of carbonyl (C=O) groups excluding carboxylic acids is 1. The summed E-state index contributed by atoms with van der Waals surface area (Å²) < 4.78 is 10.4. The first kappa shape index (κ1) is 18.7. The highest BCUT2D eigenvalue weighted by atomic mass is 16.5. The summed E-state index contributed by atoms with van der Waals surface area (Å²) in [5, 5.41) is 9.66. The van der Waals surface area contributed by atoms with Gasteiger partial charge in [-0.25, -0.2) is 0 Å². The number of hydrogen-bond donors (Lipinski definition) is 1. The summed E-state index contributed by atoms with van der Waals surface area (Å²) in [6.07, 6.45) is 0.866. The molecule has 0 aliphatic heterocycles. The lowest BCUT2D eigenvalue weighted by molar-refractivity contribution is -0.152. The van der Waals surface area contributed by atoms with Crippen molar-refractivity contribution < 1.29 is 19.4 Å². The average Bonchev–Trinajstić information content (AvgIpc) is 2.49. The minimum Gasteiger partial charge on any atom is -0.463 e. The minimum atomic E-state index is -0.768. The van der Waals surface area contributed by atoms with Gasteiger partial charge in [0.15, 0.2) is 0 Å². The molecule has 1 aromatic rings. The van der Waals surface area contributed by atoms with Gasteiger partial charge in [-0.05, 0) is 39.2 Å². The summed E-state index contributed by atoms with van der Waals surface area (Å²) in [4.78, 5) is 11.9. The third-order valence-electron chi connectivity index (χ3n) is 3.43. The number of ether oxygens (including phenoxy) is 2. The van der Waals surface area contributed by atoms with Crippen LogP contribution in [0.25, 0.3) is 0 Å². The normalized spacial score (nSPS) is 13.9. The summed E-state index contributed by atoms with van der Waals surface area (Å²) >= 11 is 0. The van der Waals surface area contributed by atoms with Gasteiger partial charge < -0.3 is 14.6 Å². The van der Waals surface area contributed by atoms with Gasteiger partial charge in [-0.1, -0.05) is 36.8 Å². The largest absolute Gasteiger partial charge is 0.463 e. The fourth-order valence-corrected chi connectivity index (χ4v) is 1.93. The van der Waals surface area contributed by atoms with Crippen molar-refractivity contribution in [1.82, 2.24) is 0 Å². The molecule has 2 unspecified atom stereocenters. The number of aliphatic hydroxyl groups excluding tert-OH is 1. The first-order valence-corrected chi connectivity index (χ1v) is 7.90. The molecule has 0 saturated heterocycles. The van der Waals surface area contributed by atoms with Gasteiger partial charge in [-0.3, -0.25) is 4.79 Å². The van der Waals surface area contributed by atoms with E-state index in [0.717, 1.165) is 12.8 Å². The zero-order valence-corrected chi connectivity index (χ0v) is 14.0. The highest BCUT2D eigenvalue weighted by Crippen LogP contribution is 2.12. The van der Waals surface area contributed by atoms with E-state index in [1.165, 1.54) is 11.1 Å². The van der Waals surface area contributed by atoms with Gasteiger partial charge >= 0.3 is 5.97 Å². The molecule has 1 N–H and O–H groups in total. The van der Waals surface area contributed by atoms with Crippen molar-refractivity contribution in [2.75, 3.05) is 13.2 Å². The van der Waals surface area contributed by atoms with Crippen LogP contribution in [0.2, 0.25) is 0 Å². The molecule has 0 aliphatic carbocycles. The maximum atomic E-state index is 11.9. The highest BCUT2D eigenvalue weighted by molar-refractivity contribution is 5.72. The predicted molar refractivity (Wildman–Crippen MR) is 86.7 cm³/mol. The lowest BCUT2D eigenvalue weighted by Crippen LogP contribution is -2.27. The Balaban J connectivity index is 2.25. The summed E-state index contributed by atoms with van der Waals surface area (Å²) in [7, 11) is 0. The molecule has 0 bridgehead atoms. The molecule has 0 heterocycles. The fraction of sp³-hybridized carbons (Fsp3) is 0.611. The van der Waals surface area contributed by atoms with Gasteiger partial charge in [-0.2, -0.15) is 0 Å². The SMILES string of the molecule is Cc1ccc(CCC(C)C(=O)OCC(O)COC(C)C)cc1. The Hall–Kier alpha value is -1.39. The topological polar surface area (TPSA) is 55.8 Å². The number of benzene rings is 1. The molecule has 0 amide bonds. The van der Waals surface area contributed by atoms with Crippen molar-refractivity contribution in [2.45, 2.75) is 52.7 Å². The van der Waals surface area contributed by atoms with Gasteiger partial charge in [0.05, 0.1) is 18.6 Å². The Morgan fingerprint density at radius 3 is 2.36 bits per heavy atom. The quantitative estimate of drug-likeness (QED) is 0.713. The molecule has 4 nitrogen and oxygen atoms in total. The molecule has 0 saturated carbocycles. The van der Waals surface area contributed by atoms with Crippen LogP contribution < -0.4 is 0 Å². The minimum absolute atomic E-state index is 0.0135. The Morgan fingerprint density at radius 2 is 1.77 bits per heavy atom. The molecular weight excluding hydrogens is 280 g/mol. The second-order valence-electron chi connectivity index (χ2n) is 6.09. The number of aryl methyl sites for hydroxylation is 2. The van der Waals surface area contributed by atoms with Crippen molar-refractivity contribution in [2.24, 2.45) is 5.92 Å². The predicted octanol–water partition coefficient (Wildman–Crippen LogP) is 2.89. The van der Waals surface area contributed by atoms with Crippen molar-refractivity contribution in [3.05, 3.63) is 35.4 Å². The van der Waals surface area contributed by atoms with E-state index in [-0.39, 0.29) is 31.2 Å². The molecule has 0 fully saturated rings. The maximum Gasteiger partial charge on any atom is 0.308 e. The van der Waals surface area contributed by atoms with E-state index in [2.05, 4.69) is 31.2 Å².